The lowest BCUT2D eigenvalue weighted by atomic mass is 10.5. The fraction of sp³-hybridized carbons (Fsp3) is 0.200. The topological polar surface area (TPSA) is 103 Å². The van der Waals surface area contributed by atoms with Crippen molar-refractivity contribution in [2.45, 2.75) is 5.16 Å². The highest BCUT2D eigenvalue weighted by molar-refractivity contribution is 7.90. The first-order valence-corrected chi connectivity index (χ1v) is 5.95. The zero-order valence-electron chi connectivity index (χ0n) is 7.14. The van der Waals surface area contributed by atoms with E-state index >= 15 is 0 Å². The first kappa shape index (κ1) is 12.1. The summed E-state index contributed by atoms with van der Waals surface area (Å²) in [6.45, 7) is 0. The highest BCUT2D eigenvalue weighted by Crippen LogP contribution is 2.29. The number of hydrogen-bond donors (Lipinski definition) is 0. The average Bonchev–Trinajstić information content (AvgIpc) is 1.99. The molecule has 1 heterocycles. The number of sulfone groups is 1. The Labute approximate surface area is 94.1 Å². The first-order valence-electron chi connectivity index (χ1n) is 3.31. The van der Waals surface area contributed by atoms with Crippen molar-refractivity contribution in [3.8, 4) is 0 Å². The molecule has 0 N–H and O–H groups in total. The van der Waals surface area contributed by atoms with Crippen molar-refractivity contribution in [3.05, 3.63) is 20.4 Å². The van der Waals surface area contributed by atoms with Gasteiger partial charge in [-0.15, -0.1) is 0 Å². The Balaban J connectivity index is 3.52. The summed E-state index contributed by atoms with van der Waals surface area (Å²) in [5.41, 5.74) is -0.717. The SMILES string of the molecule is CS(=O)(=O)c1nc(Cl)c([N+](=O)[O-])c(Cl)n1. The number of rotatable bonds is 2. The van der Waals surface area contributed by atoms with Crippen LogP contribution in [-0.4, -0.2) is 29.6 Å². The normalized spacial score (nSPS) is 11.4. The predicted octanol–water partition coefficient (Wildman–Crippen LogP) is 1.10. The maximum Gasteiger partial charge on any atom is 0.343 e. The van der Waals surface area contributed by atoms with Gasteiger partial charge in [0.2, 0.25) is 25.3 Å². The zero-order chi connectivity index (χ0) is 11.8. The summed E-state index contributed by atoms with van der Waals surface area (Å²) in [6, 6.07) is 0. The van der Waals surface area contributed by atoms with Crippen LogP contribution in [0.2, 0.25) is 10.3 Å². The lowest BCUT2D eigenvalue weighted by Crippen LogP contribution is -2.06. The fourth-order valence-corrected chi connectivity index (χ4v) is 1.84. The third-order valence-corrected chi connectivity index (χ3v) is 2.67. The van der Waals surface area contributed by atoms with Crippen molar-refractivity contribution >= 4 is 38.7 Å². The largest absolute Gasteiger partial charge is 0.343 e. The number of hydrogen-bond acceptors (Lipinski definition) is 6. The van der Waals surface area contributed by atoms with Gasteiger partial charge in [0.1, 0.15) is 0 Å². The van der Waals surface area contributed by atoms with E-state index in [0.717, 1.165) is 6.26 Å². The van der Waals surface area contributed by atoms with Crippen molar-refractivity contribution < 1.29 is 13.3 Å². The average molecular weight is 272 g/mol. The Morgan fingerprint density at radius 3 is 1.93 bits per heavy atom. The van der Waals surface area contributed by atoms with Gasteiger partial charge in [-0.05, 0) is 0 Å². The Kier molecular flexibility index (Phi) is 3.12. The number of nitro groups is 1. The molecule has 0 bridgehead atoms. The van der Waals surface area contributed by atoms with Crippen LogP contribution in [0.5, 0.6) is 0 Å². The zero-order valence-corrected chi connectivity index (χ0v) is 9.47. The van der Waals surface area contributed by atoms with E-state index in [-0.39, 0.29) is 0 Å². The summed E-state index contributed by atoms with van der Waals surface area (Å²) in [5.74, 6) is 0. The van der Waals surface area contributed by atoms with Crippen molar-refractivity contribution in [2.24, 2.45) is 0 Å². The van der Waals surface area contributed by atoms with Crippen molar-refractivity contribution in [2.75, 3.05) is 6.26 Å². The molecule has 0 amide bonds. The molecule has 0 spiro atoms. The van der Waals surface area contributed by atoms with Crippen molar-refractivity contribution in [3.63, 3.8) is 0 Å². The quantitative estimate of drug-likeness (QED) is 0.345. The summed E-state index contributed by atoms with van der Waals surface area (Å²) in [6.07, 6.45) is 0.834. The molecule has 0 unspecified atom stereocenters. The lowest BCUT2D eigenvalue weighted by Gasteiger charge is -1.99. The van der Waals surface area contributed by atoms with E-state index in [1.807, 2.05) is 0 Å². The molecule has 0 aromatic carbocycles. The van der Waals surface area contributed by atoms with Crippen LogP contribution in [0.4, 0.5) is 5.69 Å². The monoisotopic (exact) mass is 271 g/mol. The molecule has 82 valence electrons. The van der Waals surface area contributed by atoms with Crippen LogP contribution in [-0.2, 0) is 9.84 Å². The number of nitrogens with zero attached hydrogens (tertiary/aromatic N) is 3. The second kappa shape index (κ2) is 3.87. The Hall–Kier alpha value is -0.990. The Morgan fingerprint density at radius 1 is 1.27 bits per heavy atom. The van der Waals surface area contributed by atoms with E-state index in [2.05, 4.69) is 9.97 Å². The molecule has 1 rings (SSSR count). The molecule has 0 aliphatic rings. The predicted molar refractivity (Wildman–Crippen MR) is 51.8 cm³/mol. The third kappa shape index (κ3) is 2.52. The Bertz CT molecular complexity index is 506. The molecule has 0 atom stereocenters. The van der Waals surface area contributed by atoms with Gasteiger partial charge in [0.25, 0.3) is 0 Å². The highest BCUT2D eigenvalue weighted by Gasteiger charge is 2.25. The van der Waals surface area contributed by atoms with Gasteiger partial charge in [0, 0.05) is 6.26 Å². The van der Waals surface area contributed by atoms with Crippen LogP contribution in [0.3, 0.4) is 0 Å². The summed E-state index contributed by atoms with van der Waals surface area (Å²) in [4.78, 5) is 16.1. The third-order valence-electron chi connectivity index (χ3n) is 1.29. The standard InChI is InChI=1S/C5H3Cl2N3O4S/c1-15(13,14)5-8-3(6)2(10(11)12)4(7)9-5/h1H3. The first-order chi connectivity index (χ1) is 6.73. The van der Waals surface area contributed by atoms with E-state index in [4.69, 9.17) is 23.2 Å². The maximum absolute atomic E-state index is 11.0. The number of halogens is 2. The second-order valence-electron chi connectivity index (χ2n) is 2.47. The van der Waals surface area contributed by atoms with Crippen LogP contribution in [0.1, 0.15) is 0 Å². The van der Waals surface area contributed by atoms with Gasteiger partial charge >= 0.3 is 5.69 Å². The van der Waals surface area contributed by atoms with E-state index in [1.165, 1.54) is 0 Å². The smallest absolute Gasteiger partial charge is 0.258 e. The van der Waals surface area contributed by atoms with Crippen LogP contribution in [0, 0.1) is 10.1 Å². The van der Waals surface area contributed by atoms with Gasteiger partial charge < -0.3 is 0 Å². The van der Waals surface area contributed by atoms with Crippen LogP contribution in [0.25, 0.3) is 0 Å². The van der Waals surface area contributed by atoms with Crippen LogP contribution < -0.4 is 0 Å². The molecule has 0 radical (unpaired) electrons. The second-order valence-corrected chi connectivity index (χ2v) is 5.09. The van der Waals surface area contributed by atoms with Crippen LogP contribution in [0.15, 0.2) is 5.16 Å². The van der Waals surface area contributed by atoms with Crippen molar-refractivity contribution in [1.82, 2.24) is 9.97 Å². The fourth-order valence-electron chi connectivity index (χ4n) is 0.700. The van der Waals surface area contributed by atoms with Crippen LogP contribution >= 0.6 is 23.2 Å². The molecule has 15 heavy (non-hydrogen) atoms. The molecule has 10 heteroatoms. The summed E-state index contributed by atoms with van der Waals surface area (Å²) in [7, 11) is -3.70. The molecular formula is C5H3Cl2N3O4S. The van der Waals surface area contributed by atoms with Gasteiger partial charge in [-0.1, -0.05) is 23.2 Å². The summed E-state index contributed by atoms with van der Waals surface area (Å²) >= 11 is 10.8. The molecule has 0 saturated heterocycles. The summed E-state index contributed by atoms with van der Waals surface area (Å²) in [5, 5.41) is 8.54. The lowest BCUT2D eigenvalue weighted by molar-refractivity contribution is -0.385. The molecule has 0 aliphatic heterocycles. The van der Waals surface area contributed by atoms with E-state index in [0.29, 0.717) is 0 Å². The Morgan fingerprint density at radius 2 is 1.67 bits per heavy atom. The molecule has 0 aliphatic carbocycles. The minimum absolute atomic E-state index is 0.611. The van der Waals surface area contributed by atoms with Gasteiger partial charge in [-0.25, -0.2) is 8.42 Å². The maximum atomic E-state index is 11.0. The molecule has 0 saturated carbocycles. The molecule has 0 fully saturated rings. The number of aromatic nitrogens is 2. The van der Waals surface area contributed by atoms with Gasteiger partial charge in [-0.2, -0.15) is 9.97 Å². The van der Waals surface area contributed by atoms with E-state index in [1.54, 1.807) is 0 Å². The van der Waals surface area contributed by atoms with Gasteiger partial charge in [0.15, 0.2) is 0 Å². The molecule has 1 aromatic rings. The minimum atomic E-state index is -3.70. The van der Waals surface area contributed by atoms with Gasteiger partial charge in [0.05, 0.1) is 4.92 Å². The molecule has 7 nitrogen and oxygen atoms in total. The molecular weight excluding hydrogens is 269 g/mol. The van der Waals surface area contributed by atoms with Gasteiger partial charge in [-0.3, -0.25) is 10.1 Å². The van der Waals surface area contributed by atoms with Crippen molar-refractivity contribution in [1.29, 1.82) is 0 Å². The molecule has 1 aromatic heterocycles. The highest BCUT2D eigenvalue weighted by atomic mass is 35.5. The minimum Gasteiger partial charge on any atom is -0.258 e. The van der Waals surface area contributed by atoms with E-state index in [9.17, 15) is 18.5 Å². The summed E-state index contributed by atoms with van der Waals surface area (Å²) < 4.78 is 22.0. The van der Waals surface area contributed by atoms with E-state index < -0.39 is 35.9 Å².